The van der Waals surface area contributed by atoms with Crippen LogP contribution in [0.25, 0.3) is 27.7 Å². The molecule has 0 saturated carbocycles. The Morgan fingerprint density at radius 1 is 1.06 bits per heavy atom. The molecule has 0 aliphatic heterocycles. The van der Waals surface area contributed by atoms with E-state index in [1.165, 1.54) is 0 Å². The normalized spacial score (nSPS) is 11.5. The summed E-state index contributed by atoms with van der Waals surface area (Å²) in [6.07, 6.45) is 3.39. The number of benzene rings is 3. The number of allylic oxidation sites excluding steroid dienone is 1. The molecule has 5 nitrogen and oxygen atoms in total. The van der Waals surface area contributed by atoms with Crippen molar-refractivity contribution in [3.63, 3.8) is 0 Å². The van der Waals surface area contributed by atoms with Crippen molar-refractivity contribution in [3.8, 4) is 22.6 Å². The van der Waals surface area contributed by atoms with Gasteiger partial charge in [0.1, 0.15) is 17.1 Å². The molecule has 1 heterocycles. The predicted octanol–water partition coefficient (Wildman–Crippen LogP) is 7.47. The van der Waals surface area contributed by atoms with Crippen LogP contribution in [0.1, 0.15) is 36.1 Å². The Morgan fingerprint density at radius 2 is 1.80 bits per heavy atom. The smallest absolute Gasteiger partial charge is 0.248 e. The summed E-state index contributed by atoms with van der Waals surface area (Å²) in [5.74, 6) is 1.34. The average Bonchev–Trinajstić information content (AvgIpc) is 3.28. The van der Waals surface area contributed by atoms with Gasteiger partial charge in [-0.2, -0.15) is 0 Å². The van der Waals surface area contributed by atoms with Gasteiger partial charge in [0.15, 0.2) is 0 Å². The molecule has 1 amide bonds. The van der Waals surface area contributed by atoms with E-state index < -0.39 is 0 Å². The van der Waals surface area contributed by atoms with Crippen LogP contribution in [0.15, 0.2) is 65.3 Å². The lowest BCUT2D eigenvalue weighted by Gasteiger charge is -2.15. The second-order valence-corrected chi connectivity index (χ2v) is 8.63. The highest BCUT2D eigenvalue weighted by molar-refractivity contribution is 6.06. The van der Waals surface area contributed by atoms with Gasteiger partial charge in [0.05, 0.1) is 20.0 Å². The van der Waals surface area contributed by atoms with Crippen molar-refractivity contribution in [2.24, 2.45) is 0 Å². The van der Waals surface area contributed by atoms with Crippen LogP contribution in [0.5, 0.6) is 11.5 Å². The summed E-state index contributed by atoms with van der Waals surface area (Å²) in [5, 5.41) is 3.98. The van der Waals surface area contributed by atoms with Crippen LogP contribution in [0.4, 0.5) is 5.69 Å². The lowest BCUT2D eigenvalue weighted by Crippen LogP contribution is -2.10. The van der Waals surface area contributed by atoms with E-state index in [0.29, 0.717) is 6.61 Å². The van der Waals surface area contributed by atoms with Crippen LogP contribution in [-0.2, 0) is 4.79 Å². The maximum Gasteiger partial charge on any atom is 0.248 e. The minimum absolute atomic E-state index is 0.182. The summed E-state index contributed by atoms with van der Waals surface area (Å²) in [6.45, 7) is 10.4. The van der Waals surface area contributed by atoms with Crippen LogP contribution in [0.3, 0.4) is 0 Å². The third kappa shape index (κ3) is 4.80. The Kier molecular flexibility index (Phi) is 6.97. The van der Waals surface area contributed by atoms with Crippen molar-refractivity contribution in [2.45, 2.75) is 34.6 Å². The fourth-order valence-corrected chi connectivity index (χ4v) is 4.26. The van der Waals surface area contributed by atoms with Crippen molar-refractivity contribution in [3.05, 3.63) is 83.1 Å². The van der Waals surface area contributed by atoms with Gasteiger partial charge in [0.25, 0.3) is 0 Å². The Bertz CT molecular complexity index is 1410. The molecule has 0 aliphatic carbocycles. The van der Waals surface area contributed by atoms with Gasteiger partial charge in [-0.1, -0.05) is 24.3 Å². The number of rotatable bonds is 7. The fourth-order valence-electron chi connectivity index (χ4n) is 4.26. The first-order chi connectivity index (χ1) is 16.8. The average molecular weight is 470 g/mol. The Morgan fingerprint density at radius 3 is 2.49 bits per heavy atom. The molecular formula is C30H31NO4. The summed E-state index contributed by atoms with van der Waals surface area (Å²) < 4.78 is 17.3. The van der Waals surface area contributed by atoms with E-state index in [2.05, 4.69) is 5.32 Å². The highest BCUT2D eigenvalue weighted by atomic mass is 16.5. The number of anilines is 1. The fraction of sp³-hybridized carbons (Fsp3) is 0.233. The van der Waals surface area contributed by atoms with E-state index in [4.69, 9.17) is 13.9 Å². The number of hydrogen-bond donors (Lipinski definition) is 1. The lowest BCUT2D eigenvalue weighted by molar-refractivity contribution is -0.111. The van der Waals surface area contributed by atoms with Gasteiger partial charge in [-0.15, -0.1) is 0 Å². The molecule has 180 valence electrons. The van der Waals surface area contributed by atoms with Crippen LogP contribution in [0.2, 0.25) is 0 Å². The van der Waals surface area contributed by atoms with Crippen molar-refractivity contribution in [2.75, 3.05) is 19.0 Å². The Hall–Kier alpha value is -3.99. The molecule has 35 heavy (non-hydrogen) atoms. The molecule has 0 bridgehead atoms. The van der Waals surface area contributed by atoms with Crippen LogP contribution >= 0.6 is 0 Å². The molecule has 1 aromatic heterocycles. The first-order valence-corrected chi connectivity index (χ1v) is 11.7. The highest BCUT2D eigenvalue weighted by Crippen LogP contribution is 2.41. The molecule has 0 aliphatic rings. The third-order valence-corrected chi connectivity index (χ3v) is 6.37. The zero-order valence-corrected chi connectivity index (χ0v) is 21.1. The number of furan rings is 1. The molecule has 0 fully saturated rings. The molecule has 0 spiro atoms. The summed E-state index contributed by atoms with van der Waals surface area (Å²) in [4.78, 5) is 12.9. The SMILES string of the molecule is CCOc1c(/C(C)=C/C(=O)Nc2cccc(C)c2C)cc2c(-c3ccc(OC)cc3)coc2c1C. The Labute approximate surface area is 206 Å². The number of ether oxygens (including phenoxy) is 2. The van der Waals surface area contributed by atoms with E-state index >= 15 is 0 Å². The predicted molar refractivity (Wildman–Crippen MR) is 142 cm³/mol. The summed E-state index contributed by atoms with van der Waals surface area (Å²) in [7, 11) is 1.65. The van der Waals surface area contributed by atoms with Crippen LogP contribution in [0, 0.1) is 20.8 Å². The first-order valence-electron chi connectivity index (χ1n) is 11.7. The van der Waals surface area contributed by atoms with Crippen molar-refractivity contribution in [1.29, 1.82) is 0 Å². The highest BCUT2D eigenvalue weighted by Gasteiger charge is 2.19. The van der Waals surface area contributed by atoms with Gasteiger partial charge in [-0.25, -0.2) is 0 Å². The van der Waals surface area contributed by atoms with Crippen molar-refractivity contribution < 1.29 is 18.7 Å². The molecular weight excluding hydrogens is 438 g/mol. The molecule has 0 saturated heterocycles. The van der Waals surface area contributed by atoms with Crippen molar-refractivity contribution in [1.82, 2.24) is 0 Å². The number of hydrogen-bond acceptors (Lipinski definition) is 4. The number of nitrogens with one attached hydrogen (secondary N) is 1. The molecule has 1 N–H and O–H groups in total. The maximum absolute atomic E-state index is 12.9. The number of carbonyl (C=O) groups excluding carboxylic acids is 1. The maximum atomic E-state index is 12.9. The minimum atomic E-state index is -0.182. The molecule has 4 aromatic rings. The molecule has 4 rings (SSSR count). The standard InChI is InChI=1S/C30H31NO4/c1-7-34-29-21(5)30-25(26(17-35-30)22-11-13-23(33-6)14-12-22)16-24(29)19(3)15-28(32)31-27-10-8-9-18(2)20(27)4/h8-17H,7H2,1-6H3,(H,31,32)/b19-15+. The van der Waals surface area contributed by atoms with Crippen molar-refractivity contribution >= 4 is 28.1 Å². The number of aryl methyl sites for hydroxylation is 2. The van der Waals surface area contributed by atoms with E-state index in [1.807, 2.05) is 83.1 Å². The third-order valence-electron chi connectivity index (χ3n) is 6.37. The van der Waals surface area contributed by atoms with Crippen LogP contribution < -0.4 is 14.8 Å². The number of carbonyl (C=O) groups is 1. The number of amides is 1. The first kappa shape index (κ1) is 24.1. The van der Waals surface area contributed by atoms with Gasteiger partial charge in [0.2, 0.25) is 5.91 Å². The largest absolute Gasteiger partial charge is 0.497 e. The second-order valence-electron chi connectivity index (χ2n) is 8.63. The number of methoxy groups -OCH3 is 1. The van der Waals surface area contributed by atoms with Crippen LogP contribution in [-0.4, -0.2) is 19.6 Å². The molecule has 5 heteroatoms. The van der Waals surface area contributed by atoms with Gasteiger partial charge in [-0.05, 0) is 81.1 Å². The summed E-state index contributed by atoms with van der Waals surface area (Å²) in [5.41, 5.74) is 8.35. The van der Waals surface area contributed by atoms with E-state index in [1.54, 1.807) is 19.4 Å². The van der Waals surface area contributed by atoms with E-state index in [9.17, 15) is 4.79 Å². The quantitative estimate of drug-likeness (QED) is 0.285. The van der Waals surface area contributed by atoms with Gasteiger partial charge >= 0.3 is 0 Å². The minimum Gasteiger partial charge on any atom is -0.497 e. The monoisotopic (exact) mass is 469 g/mol. The lowest BCUT2D eigenvalue weighted by atomic mass is 9.96. The molecule has 3 aromatic carbocycles. The summed E-state index contributed by atoms with van der Waals surface area (Å²) in [6, 6.07) is 15.8. The molecule has 0 unspecified atom stereocenters. The topological polar surface area (TPSA) is 60.7 Å². The summed E-state index contributed by atoms with van der Waals surface area (Å²) >= 11 is 0. The second kappa shape index (κ2) is 10.1. The van der Waals surface area contributed by atoms with Gasteiger partial charge in [0, 0.05) is 33.8 Å². The van der Waals surface area contributed by atoms with Gasteiger partial charge < -0.3 is 19.2 Å². The zero-order valence-electron chi connectivity index (χ0n) is 21.1. The van der Waals surface area contributed by atoms with E-state index in [-0.39, 0.29) is 5.91 Å². The number of fused-ring (bicyclic) bond motifs is 1. The molecule has 0 atom stereocenters. The zero-order chi connectivity index (χ0) is 25.1. The van der Waals surface area contributed by atoms with E-state index in [0.717, 1.165) is 67.1 Å². The van der Waals surface area contributed by atoms with Gasteiger partial charge in [-0.3, -0.25) is 4.79 Å². The molecule has 0 radical (unpaired) electrons. The Balaban J connectivity index is 1.77.